The van der Waals surface area contributed by atoms with Crippen LogP contribution < -0.4 is 0 Å². The number of hydrogen-bond acceptors (Lipinski definition) is 2. The fraction of sp³-hybridized carbons (Fsp3) is 0.333. The van der Waals surface area contributed by atoms with Crippen molar-refractivity contribution in [1.82, 2.24) is 9.97 Å². The Kier molecular flexibility index (Phi) is 5.22. The van der Waals surface area contributed by atoms with Crippen LogP contribution >= 0.6 is 0 Å². The van der Waals surface area contributed by atoms with E-state index < -0.39 is 0 Å². The van der Waals surface area contributed by atoms with Crippen LogP contribution in [0.4, 0.5) is 0 Å². The lowest BCUT2D eigenvalue weighted by Crippen LogP contribution is -2.25. The van der Waals surface area contributed by atoms with E-state index >= 15 is 0 Å². The average Bonchev–Trinajstić information content (AvgIpc) is 2.63. The van der Waals surface area contributed by atoms with Crippen molar-refractivity contribution in [3.8, 4) is 0 Å². The molecule has 2 heterocycles. The largest absolute Gasteiger partial charge is 0.261 e. The number of rotatable bonds is 6. The first-order chi connectivity index (χ1) is 12.4. The van der Waals surface area contributed by atoms with E-state index in [9.17, 15) is 0 Å². The zero-order valence-electron chi connectivity index (χ0n) is 16.2. The fourth-order valence-electron chi connectivity index (χ4n) is 3.48. The van der Waals surface area contributed by atoms with Gasteiger partial charge in [-0.2, -0.15) is 0 Å². The molecule has 0 aliphatic heterocycles. The molecule has 26 heavy (non-hydrogen) atoms. The van der Waals surface area contributed by atoms with Gasteiger partial charge in [0.05, 0.1) is 0 Å². The van der Waals surface area contributed by atoms with Crippen molar-refractivity contribution in [2.24, 2.45) is 0 Å². The molecule has 0 aliphatic rings. The van der Waals surface area contributed by atoms with Gasteiger partial charge < -0.3 is 0 Å². The van der Waals surface area contributed by atoms with Gasteiger partial charge in [-0.15, -0.1) is 0 Å². The lowest BCUT2D eigenvalue weighted by Gasteiger charge is -2.30. The molecule has 0 aliphatic carbocycles. The predicted octanol–water partition coefficient (Wildman–Crippen LogP) is 5.52. The molecular weight excluding hydrogens is 316 g/mol. The number of hydrogen-bond donors (Lipinski definition) is 0. The maximum atomic E-state index is 4.51. The molecule has 0 radical (unpaired) electrons. The predicted molar refractivity (Wildman–Crippen MR) is 108 cm³/mol. The van der Waals surface area contributed by atoms with Crippen molar-refractivity contribution in [2.45, 2.75) is 51.4 Å². The smallest absolute Gasteiger partial charge is 0.0412 e. The van der Waals surface area contributed by atoms with Gasteiger partial charge >= 0.3 is 0 Å². The molecule has 134 valence electrons. The summed E-state index contributed by atoms with van der Waals surface area (Å²) in [6, 6.07) is 21.3. The summed E-state index contributed by atoms with van der Waals surface area (Å²) in [5, 5.41) is 0. The second-order valence-corrected chi connectivity index (χ2v) is 8.34. The molecule has 0 saturated heterocycles. The van der Waals surface area contributed by atoms with Crippen LogP contribution in [0.1, 0.15) is 50.2 Å². The molecule has 3 aromatic rings. The van der Waals surface area contributed by atoms with E-state index in [0.29, 0.717) is 0 Å². The van der Waals surface area contributed by atoms with Gasteiger partial charge in [-0.3, -0.25) is 9.97 Å². The van der Waals surface area contributed by atoms with E-state index in [0.717, 1.165) is 24.2 Å². The molecule has 0 bridgehead atoms. The second-order valence-electron chi connectivity index (χ2n) is 8.34. The Hall–Kier alpha value is -2.48. The summed E-state index contributed by atoms with van der Waals surface area (Å²) in [7, 11) is 0. The summed E-state index contributed by atoms with van der Waals surface area (Å²) in [6.45, 7) is 9.19. The van der Waals surface area contributed by atoms with E-state index in [1.54, 1.807) is 0 Å². The monoisotopic (exact) mass is 344 g/mol. The van der Waals surface area contributed by atoms with Gasteiger partial charge in [0.15, 0.2) is 0 Å². The molecule has 2 aromatic heterocycles. The van der Waals surface area contributed by atoms with Crippen LogP contribution in [0.5, 0.6) is 0 Å². The minimum atomic E-state index is 0.0332. The molecule has 0 N–H and O–H groups in total. The van der Waals surface area contributed by atoms with Crippen LogP contribution in [0.15, 0.2) is 73.1 Å². The Morgan fingerprint density at radius 2 is 1.08 bits per heavy atom. The summed E-state index contributed by atoms with van der Waals surface area (Å²) in [5.74, 6) is 0. The third-order valence-electron chi connectivity index (χ3n) is 5.12. The van der Waals surface area contributed by atoms with Crippen molar-refractivity contribution >= 4 is 0 Å². The van der Waals surface area contributed by atoms with E-state index in [1.807, 2.05) is 24.5 Å². The van der Waals surface area contributed by atoms with Crippen molar-refractivity contribution in [1.29, 1.82) is 0 Å². The van der Waals surface area contributed by atoms with Crippen molar-refractivity contribution in [3.05, 3.63) is 95.6 Å². The Morgan fingerprint density at radius 1 is 0.615 bits per heavy atom. The molecule has 1 aromatic carbocycles. The van der Waals surface area contributed by atoms with Crippen LogP contribution in [-0.4, -0.2) is 9.97 Å². The second kappa shape index (κ2) is 7.41. The first-order valence-electron chi connectivity index (χ1n) is 9.28. The summed E-state index contributed by atoms with van der Waals surface area (Å²) in [5.41, 5.74) is 5.05. The molecule has 0 atom stereocenters. The highest BCUT2D eigenvalue weighted by Crippen LogP contribution is 2.33. The SMILES string of the molecule is CC(C)(Cc1ccccn1)c1cccc(C(C)(C)Cc2ccccn2)c1. The van der Waals surface area contributed by atoms with Crippen LogP contribution in [-0.2, 0) is 23.7 Å². The number of aromatic nitrogens is 2. The van der Waals surface area contributed by atoms with Gasteiger partial charge in [-0.1, -0.05) is 64.1 Å². The highest BCUT2D eigenvalue weighted by Gasteiger charge is 2.26. The minimum absolute atomic E-state index is 0.0332. The summed E-state index contributed by atoms with van der Waals surface area (Å²) < 4.78 is 0. The van der Waals surface area contributed by atoms with Gasteiger partial charge in [0, 0.05) is 23.8 Å². The maximum absolute atomic E-state index is 4.51. The molecule has 0 spiro atoms. The lowest BCUT2D eigenvalue weighted by molar-refractivity contribution is 0.497. The lowest BCUT2D eigenvalue weighted by atomic mass is 9.75. The Bertz CT molecular complexity index is 768. The Labute approximate surface area is 157 Å². The first kappa shape index (κ1) is 18.3. The third kappa shape index (κ3) is 4.37. The molecule has 3 rings (SSSR count). The van der Waals surface area contributed by atoms with Crippen LogP contribution in [0, 0.1) is 0 Å². The number of nitrogens with zero attached hydrogens (tertiary/aromatic N) is 2. The van der Waals surface area contributed by atoms with E-state index in [1.165, 1.54) is 11.1 Å². The van der Waals surface area contributed by atoms with Crippen molar-refractivity contribution in [2.75, 3.05) is 0 Å². The first-order valence-corrected chi connectivity index (χ1v) is 9.28. The molecule has 0 fully saturated rings. The zero-order valence-corrected chi connectivity index (χ0v) is 16.2. The quantitative estimate of drug-likeness (QED) is 0.588. The van der Waals surface area contributed by atoms with Gasteiger partial charge in [-0.05, 0) is 59.1 Å². The molecule has 0 unspecified atom stereocenters. The zero-order chi connectivity index (χ0) is 18.6. The van der Waals surface area contributed by atoms with Crippen LogP contribution in [0.2, 0.25) is 0 Å². The van der Waals surface area contributed by atoms with Gasteiger partial charge in [0.25, 0.3) is 0 Å². The third-order valence-corrected chi connectivity index (χ3v) is 5.12. The van der Waals surface area contributed by atoms with Crippen LogP contribution in [0.25, 0.3) is 0 Å². The highest BCUT2D eigenvalue weighted by atomic mass is 14.7. The number of benzene rings is 1. The van der Waals surface area contributed by atoms with Crippen molar-refractivity contribution in [3.63, 3.8) is 0 Å². The van der Waals surface area contributed by atoms with Gasteiger partial charge in [0.2, 0.25) is 0 Å². The standard InChI is InChI=1S/C24H28N2/c1-23(2,17-21-12-5-7-14-25-21)19-10-9-11-20(16-19)24(3,4)18-22-13-6-8-15-26-22/h5-16H,17-18H2,1-4H3. The average molecular weight is 345 g/mol. The molecule has 0 saturated carbocycles. The Balaban J connectivity index is 1.85. The van der Waals surface area contributed by atoms with Gasteiger partial charge in [-0.25, -0.2) is 0 Å². The summed E-state index contributed by atoms with van der Waals surface area (Å²) >= 11 is 0. The maximum Gasteiger partial charge on any atom is 0.0412 e. The van der Waals surface area contributed by atoms with E-state index in [-0.39, 0.29) is 10.8 Å². The topological polar surface area (TPSA) is 25.8 Å². The van der Waals surface area contributed by atoms with Gasteiger partial charge in [0.1, 0.15) is 0 Å². The minimum Gasteiger partial charge on any atom is -0.261 e. The van der Waals surface area contributed by atoms with Crippen LogP contribution in [0.3, 0.4) is 0 Å². The molecule has 0 amide bonds. The summed E-state index contributed by atoms with van der Waals surface area (Å²) in [6.07, 6.45) is 5.60. The van der Waals surface area contributed by atoms with Crippen molar-refractivity contribution < 1.29 is 0 Å². The molecule has 2 nitrogen and oxygen atoms in total. The summed E-state index contributed by atoms with van der Waals surface area (Å²) in [4.78, 5) is 9.02. The number of pyridine rings is 2. The molecule has 2 heteroatoms. The fourth-order valence-corrected chi connectivity index (χ4v) is 3.48. The normalized spacial score (nSPS) is 12.2. The van der Waals surface area contributed by atoms with E-state index in [4.69, 9.17) is 0 Å². The highest BCUT2D eigenvalue weighted by molar-refractivity contribution is 5.35. The molecular formula is C24H28N2. The Morgan fingerprint density at radius 3 is 1.46 bits per heavy atom. The van der Waals surface area contributed by atoms with E-state index in [2.05, 4.69) is 86.2 Å².